The van der Waals surface area contributed by atoms with Gasteiger partial charge in [0.1, 0.15) is 5.75 Å². The second-order valence-electron chi connectivity index (χ2n) is 7.31. The van der Waals surface area contributed by atoms with Crippen LogP contribution in [0.4, 0.5) is 16.5 Å². The van der Waals surface area contributed by atoms with Gasteiger partial charge in [-0.05, 0) is 43.2 Å². The van der Waals surface area contributed by atoms with E-state index in [0.29, 0.717) is 17.1 Å². The molecule has 1 aromatic heterocycles. The number of amides is 2. The van der Waals surface area contributed by atoms with E-state index in [4.69, 9.17) is 9.72 Å². The second-order valence-corrected chi connectivity index (χ2v) is 8.32. The molecule has 1 aliphatic rings. The van der Waals surface area contributed by atoms with Gasteiger partial charge in [-0.3, -0.25) is 9.59 Å². The molecule has 0 spiro atoms. The number of ether oxygens (including phenoxy) is 1. The number of hydrogen-bond donors (Lipinski definition) is 2. The van der Waals surface area contributed by atoms with Crippen LogP contribution in [0.1, 0.15) is 19.8 Å². The summed E-state index contributed by atoms with van der Waals surface area (Å²) >= 11 is 1.69. The molecule has 2 heterocycles. The van der Waals surface area contributed by atoms with E-state index in [0.717, 1.165) is 36.6 Å². The number of nitrogens with one attached hydrogen (secondary N) is 2. The van der Waals surface area contributed by atoms with E-state index in [1.807, 2.05) is 18.2 Å². The van der Waals surface area contributed by atoms with Crippen LogP contribution in [0.15, 0.2) is 42.5 Å². The van der Waals surface area contributed by atoms with Crippen molar-refractivity contribution >= 4 is 49.9 Å². The maximum Gasteiger partial charge on any atom is 0.227 e. The van der Waals surface area contributed by atoms with Gasteiger partial charge in [-0.1, -0.05) is 23.5 Å². The predicted octanol–water partition coefficient (Wildman–Crippen LogP) is 4.12. The van der Waals surface area contributed by atoms with E-state index < -0.39 is 0 Å². The summed E-state index contributed by atoms with van der Waals surface area (Å²) in [4.78, 5) is 31.2. The standard InChI is InChI=1S/C22H24N4O3S/c1-14(27)23-16-7-8-19(29-2)18(13-16)24-21(28)15-9-11-26(12-10-15)22-25-17-5-3-4-6-20(17)30-22/h3-8,13,15H,9-12H2,1-2H3,(H,23,27)(H,24,28). The van der Waals surface area contributed by atoms with Gasteiger partial charge in [-0.25, -0.2) is 4.98 Å². The zero-order valence-corrected chi connectivity index (χ0v) is 17.8. The number of hydrogen-bond acceptors (Lipinski definition) is 6. The van der Waals surface area contributed by atoms with Crippen molar-refractivity contribution in [3.63, 3.8) is 0 Å². The third-order valence-electron chi connectivity index (χ3n) is 5.20. The summed E-state index contributed by atoms with van der Waals surface area (Å²) in [7, 11) is 1.56. The molecule has 1 saturated heterocycles. The van der Waals surface area contributed by atoms with Crippen molar-refractivity contribution in [1.82, 2.24) is 4.98 Å². The highest BCUT2D eigenvalue weighted by molar-refractivity contribution is 7.22. The SMILES string of the molecule is COc1ccc(NC(C)=O)cc1NC(=O)C1CCN(c2nc3ccccc3s2)CC1. The molecule has 0 bridgehead atoms. The molecular formula is C22H24N4O3S. The average Bonchev–Trinajstić information content (AvgIpc) is 3.18. The van der Waals surface area contributed by atoms with Crippen molar-refractivity contribution in [3.05, 3.63) is 42.5 Å². The lowest BCUT2D eigenvalue weighted by Gasteiger charge is -2.31. The summed E-state index contributed by atoms with van der Waals surface area (Å²) in [5.74, 6) is 0.283. The molecule has 3 aromatic rings. The Kier molecular flexibility index (Phi) is 5.85. The van der Waals surface area contributed by atoms with Crippen LogP contribution >= 0.6 is 11.3 Å². The quantitative estimate of drug-likeness (QED) is 0.644. The average molecular weight is 425 g/mol. The number of fused-ring (bicyclic) bond motifs is 1. The highest BCUT2D eigenvalue weighted by atomic mass is 32.1. The smallest absolute Gasteiger partial charge is 0.227 e. The summed E-state index contributed by atoms with van der Waals surface area (Å²) in [6.07, 6.45) is 1.52. The van der Waals surface area contributed by atoms with Crippen LogP contribution in [0, 0.1) is 5.92 Å². The molecule has 7 nitrogen and oxygen atoms in total. The number of thiazole rings is 1. The van der Waals surface area contributed by atoms with E-state index in [1.165, 1.54) is 11.6 Å². The van der Waals surface area contributed by atoms with Crippen molar-refractivity contribution in [2.75, 3.05) is 35.7 Å². The van der Waals surface area contributed by atoms with Gasteiger partial charge < -0.3 is 20.3 Å². The molecule has 0 radical (unpaired) electrons. The number of carbonyl (C=O) groups excluding carboxylic acids is 2. The molecule has 0 aliphatic carbocycles. The first-order chi connectivity index (χ1) is 14.5. The van der Waals surface area contributed by atoms with Gasteiger partial charge in [-0.15, -0.1) is 0 Å². The van der Waals surface area contributed by atoms with Crippen molar-refractivity contribution in [1.29, 1.82) is 0 Å². The highest BCUT2D eigenvalue weighted by Gasteiger charge is 2.27. The number of methoxy groups -OCH3 is 1. The maximum absolute atomic E-state index is 12.9. The van der Waals surface area contributed by atoms with Crippen LogP contribution in [-0.2, 0) is 9.59 Å². The van der Waals surface area contributed by atoms with Crippen molar-refractivity contribution in [2.45, 2.75) is 19.8 Å². The Morgan fingerprint density at radius 3 is 2.60 bits per heavy atom. The van der Waals surface area contributed by atoms with Crippen LogP contribution in [0.2, 0.25) is 0 Å². The van der Waals surface area contributed by atoms with E-state index in [-0.39, 0.29) is 17.7 Å². The summed E-state index contributed by atoms with van der Waals surface area (Å²) in [6.45, 7) is 3.03. The Balaban J connectivity index is 1.40. The lowest BCUT2D eigenvalue weighted by molar-refractivity contribution is -0.120. The molecule has 1 aliphatic heterocycles. The summed E-state index contributed by atoms with van der Waals surface area (Å²) in [5.41, 5.74) is 2.19. The van der Waals surface area contributed by atoms with Crippen LogP contribution in [0.3, 0.4) is 0 Å². The van der Waals surface area contributed by atoms with Gasteiger partial charge in [0.05, 0.1) is 23.0 Å². The van der Waals surface area contributed by atoms with Crippen molar-refractivity contribution in [3.8, 4) is 5.75 Å². The molecule has 30 heavy (non-hydrogen) atoms. The summed E-state index contributed by atoms with van der Waals surface area (Å²) in [6, 6.07) is 13.3. The minimum absolute atomic E-state index is 0.0303. The highest BCUT2D eigenvalue weighted by Crippen LogP contribution is 2.33. The van der Waals surface area contributed by atoms with Crippen molar-refractivity contribution < 1.29 is 14.3 Å². The van der Waals surface area contributed by atoms with E-state index in [9.17, 15) is 9.59 Å². The Bertz CT molecular complexity index is 1040. The fourth-order valence-electron chi connectivity index (χ4n) is 3.65. The van der Waals surface area contributed by atoms with E-state index in [1.54, 1.807) is 36.6 Å². The van der Waals surface area contributed by atoms with Crippen molar-refractivity contribution in [2.24, 2.45) is 5.92 Å². The fourth-order valence-corrected chi connectivity index (χ4v) is 4.67. The topological polar surface area (TPSA) is 83.6 Å². The van der Waals surface area contributed by atoms with Gasteiger partial charge in [0, 0.05) is 31.6 Å². The Morgan fingerprint density at radius 2 is 1.90 bits per heavy atom. The first-order valence-corrected chi connectivity index (χ1v) is 10.7. The lowest BCUT2D eigenvalue weighted by atomic mass is 9.96. The zero-order valence-electron chi connectivity index (χ0n) is 17.0. The summed E-state index contributed by atoms with van der Waals surface area (Å²) in [5, 5.41) is 6.71. The second kappa shape index (κ2) is 8.71. The fraction of sp³-hybridized carbons (Fsp3) is 0.318. The predicted molar refractivity (Wildman–Crippen MR) is 120 cm³/mol. The first-order valence-electron chi connectivity index (χ1n) is 9.90. The van der Waals surface area contributed by atoms with Crippen LogP contribution in [-0.4, -0.2) is 37.0 Å². The molecule has 0 unspecified atom stereocenters. The largest absolute Gasteiger partial charge is 0.495 e. The Morgan fingerprint density at radius 1 is 1.13 bits per heavy atom. The Hall–Kier alpha value is -3.13. The molecule has 2 aromatic carbocycles. The third-order valence-corrected chi connectivity index (χ3v) is 6.29. The lowest BCUT2D eigenvalue weighted by Crippen LogP contribution is -2.38. The molecule has 2 N–H and O–H groups in total. The van der Waals surface area contributed by atoms with Gasteiger partial charge in [-0.2, -0.15) is 0 Å². The first kappa shape index (κ1) is 20.2. The molecule has 1 fully saturated rings. The molecule has 0 saturated carbocycles. The van der Waals surface area contributed by atoms with Gasteiger partial charge >= 0.3 is 0 Å². The van der Waals surface area contributed by atoms with E-state index >= 15 is 0 Å². The van der Waals surface area contributed by atoms with E-state index in [2.05, 4.69) is 21.6 Å². The van der Waals surface area contributed by atoms with Crippen LogP contribution < -0.4 is 20.3 Å². The van der Waals surface area contributed by atoms with Crippen LogP contribution in [0.5, 0.6) is 5.75 Å². The third kappa shape index (κ3) is 4.38. The number of piperidine rings is 1. The summed E-state index contributed by atoms with van der Waals surface area (Å²) < 4.78 is 6.53. The van der Waals surface area contributed by atoms with Gasteiger partial charge in [0.2, 0.25) is 11.8 Å². The number of rotatable bonds is 5. The van der Waals surface area contributed by atoms with Crippen LogP contribution in [0.25, 0.3) is 10.2 Å². The molecule has 0 atom stereocenters. The number of benzene rings is 2. The molecule has 2 amide bonds. The monoisotopic (exact) mass is 424 g/mol. The molecular weight excluding hydrogens is 400 g/mol. The van der Waals surface area contributed by atoms with Gasteiger partial charge in [0.25, 0.3) is 0 Å². The molecule has 156 valence electrons. The minimum atomic E-state index is -0.167. The normalized spacial score (nSPS) is 14.5. The maximum atomic E-state index is 12.9. The number of anilines is 3. The number of para-hydroxylation sites is 1. The Labute approximate surface area is 179 Å². The number of nitrogens with zero attached hydrogens (tertiary/aromatic N) is 2. The molecule has 4 rings (SSSR count). The number of carbonyl (C=O) groups is 2. The zero-order chi connectivity index (χ0) is 21.1. The molecule has 8 heteroatoms. The minimum Gasteiger partial charge on any atom is -0.495 e. The van der Waals surface area contributed by atoms with Gasteiger partial charge in [0.15, 0.2) is 5.13 Å². The number of aromatic nitrogens is 1.